The average Bonchev–Trinajstić information content (AvgIpc) is 2.54. The second kappa shape index (κ2) is 7.32. The van der Waals surface area contributed by atoms with E-state index in [-0.39, 0.29) is 4.90 Å². The Morgan fingerprint density at radius 2 is 1.81 bits per heavy atom. The molecule has 1 amide bonds. The first-order valence-corrected chi connectivity index (χ1v) is 9.03. The SMILES string of the molecule is Cc1ccc(S(=O)(=O)CCC(=O)Nc2cc(C(F)(F)F)c[nH]c2=O)cc1. The number of hydrogen-bond acceptors (Lipinski definition) is 4. The second-order valence-electron chi connectivity index (χ2n) is 5.56. The van der Waals surface area contributed by atoms with Crippen LogP contribution in [0.15, 0.2) is 46.2 Å². The maximum absolute atomic E-state index is 12.6. The van der Waals surface area contributed by atoms with Crippen LogP contribution in [0.5, 0.6) is 0 Å². The number of H-pyrrole nitrogens is 1. The minimum atomic E-state index is -4.70. The van der Waals surface area contributed by atoms with Crippen molar-refractivity contribution in [3.8, 4) is 0 Å². The number of anilines is 1. The maximum Gasteiger partial charge on any atom is 0.417 e. The zero-order valence-electron chi connectivity index (χ0n) is 13.6. The minimum absolute atomic E-state index is 0.0350. The number of carbonyl (C=O) groups is 1. The third-order valence-electron chi connectivity index (χ3n) is 3.48. The number of benzene rings is 1. The fourth-order valence-electron chi connectivity index (χ4n) is 2.04. The summed E-state index contributed by atoms with van der Waals surface area (Å²) in [7, 11) is -3.73. The number of halogens is 3. The average molecular weight is 388 g/mol. The molecule has 0 unspecified atom stereocenters. The Morgan fingerprint density at radius 3 is 2.38 bits per heavy atom. The number of aryl methyl sites for hydroxylation is 1. The first kappa shape index (κ1) is 19.7. The highest BCUT2D eigenvalue weighted by molar-refractivity contribution is 7.91. The highest BCUT2D eigenvalue weighted by Gasteiger charge is 2.31. The Labute approximate surface area is 147 Å². The van der Waals surface area contributed by atoms with Crippen LogP contribution in [0.3, 0.4) is 0 Å². The van der Waals surface area contributed by atoms with Gasteiger partial charge in [-0.25, -0.2) is 8.42 Å². The van der Waals surface area contributed by atoms with Gasteiger partial charge in [0.1, 0.15) is 5.69 Å². The number of carbonyl (C=O) groups excluding carboxylic acids is 1. The van der Waals surface area contributed by atoms with Gasteiger partial charge in [0.2, 0.25) is 5.91 Å². The van der Waals surface area contributed by atoms with Crippen molar-refractivity contribution in [2.24, 2.45) is 0 Å². The van der Waals surface area contributed by atoms with Gasteiger partial charge in [0.15, 0.2) is 9.84 Å². The summed E-state index contributed by atoms with van der Waals surface area (Å²) < 4.78 is 62.2. The van der Waals surface area contributed by atoms with E-state index in [1.807, 2.05) is 10.3 Å². The molecule has 0 saturated heterocycles. The summed E-state index contributed by atoms with van der Waals surface area (Å²) in [6.45, 7) is 1.79. The van der Waals surface area contributed by atoms with Gasteiger partial charge >= 0.3 is 6.18 Å². The molecule has 0 bridgehead atoms. The molecule has 10 heteroatoms. The van der Waals surface area contributed by atoms with E-state index in [2.05, 4.69) is 0 Å². The van der Waals surface area contributed by atoms with E-state index in [4.69, 9.17) is 0 Å². The lowest BCUT2D eigenvalue weighted by molar-refractivity contribution is -0.137. The van der Waals surface area contributed by atoms with Gasteiger partial charge in [0, 0.05) is 12.6 Å². The van der Waals surface area contributed by atoms with Crippen LogP contribution in [-0.4, -0.2) is 25.1 Å². The van der Waals surface area contributed by atoms with Crippen molar-refractivity contribution in [1.29, 1.82) is 0 Å². The predicted molar refractivity (Wildman–Crippen MR) is 88.5 cm³/mol. The normalized spacial score (nSPS) is 12.0. The monoisotopic (exact) mass is 388 g/mol. The van der Waals surface area contributed by atoms with E-state index < -0.39 is 50.9 Å². The molecule has 2 rings (SSSR count). The highest BCUT2D eigenvalue weighted by atomic mass is 32.2. The van der Waals surface area contributed by atoms with Crippen molar-refractivity contribution >= 4 is 21.4 Å². The van der Waals surface area contributed by atoms with E-state index in [1.165, 1.54) is 12.1 Å². The molecule has 26 heavy (non-hydrogen) atoms. The number of rotatable bonds is 5. The summed E-state index contributed by atoms with van der Waals surface area (Å²) >= 11 is 0. The van der Waals surface area contributed by atoms with Crippen molar-refractivity contribution in [3.63, 3.8) is 0 Å². The zero-order valence-corrected chi connectivity index (χ0v) is 14.4. The Morgan fingerprint density at radius 1 is 1.19 bits per heavy atom. The predicted octanol–water partition coefficient (Wildman–Crippen LogP) is 2.50. The highest BCUT2D eigenvalue weighted by Crippen LogP contribution is 2.29. The summed E-state index contributed by atoms with van der Waals surface area (Å²) in [5, 5.41) is 2.01. The van der Waals surface area contributed by atoms with Crippen LogP contribution in [0.25, 0.3) is 0 Å². The number of aromatic amines is 1. The lowest BCUT2D eigenvalue weighted by Gasteiger charge is -2.09. The molecular weight excluding hydrogens is 373 g/mol. The van der Waals surface area contributed by atoms with Gasteiger partial charge in [0.05, 0.1) is 16.2 Å². The Bertz CT molecular complexity index is 964. The molecule has 6 nitrogen and oxygen atoms in total. The number of pyridine rings is 1. The van der Waals surface area contributed by atoms with E-state index in [0.717, 1.165) is 5.56 Å². The Balaban J connectivity index is 2.07. The summed E-state index contributed by atoms with van der Waals surface area (Å²) in [5.74, 6) is -1.43. The summed E-state index contributed by atoms with van der Waals surface area (Å²) in [5.41, 5.74) is -1.80. The van der Waals surface area contributed by atoms with Crippen LogP contribution in [-0.2, 0) is 20.8 Å². The van der Waals surface area contributed by atoms with Crippen LogP contribution >= 0.6 is 0 Å². The zero-order chi connectivity index (χ0) is 19.5. The number of hydrogen-bond donors (Lipinski definition) is 2. The molecule has 0 radical (unpaired) electrons. The Hall–Kier alpha value is -2.62. The lowest BCUT2D eigenvalue weighted by Crippen LogP contribution is -2.23. The minimum Gasteiger partial charge on any atom is -0.327 e. The molecule has 1 aromatic heterocycles. The van der Waals surface area contributed by atoms with Crippen LogP contribution in [0, 0.1) is 6.92 Å². The lowest BCUT2D eigenvalue weighted by atomic mass is 10.2. The first-order chi connectivity index (χ1) is 12.0. The first-order valence-electron chi connectivity index (χ1n) is 7.38. The van der Waals surface area contributed by atoms with Crippen LogP contribution in [0.2, 0.25) is 0 Å². The molecule has 0 aliphatic rings. The van der Waals surface area contributed by atoms with Crippen LogP contribution < -0.4 is 10.9 Å². The molecule has 0 spiro atoms. The van der Waals surface area contributed by atoms with Crippen LogP contribution in [0.4, 0.5) is 18.9 Å². The van der Waals surface area contributed by atoms with Crippen molar-refractivity contribution in [1.82, 2.24) is 4.98 Å². The summed E-state index contributed by atoms with van der Waals surface area (Å²) in [6.07, 6.45) is -4.72. The van der Waals surface area contributed by atoms with Gasteiger partial charge in [-0.2, -0.15) is 13.2 Å². The molecule has 0 saturated carbocycles. The molecular formula is C16H15F3N2O4S. The second-order valence-corrected chi connectivity index (χ2v) is 7.67. The topological polar surface area (TPSA) is 96.1 Å². The Kier molecular flexibility index (Phi) is 5.55. The maximum atomic E-state index is 12.6. The smallest absolute Gasteiger partial charge is 0.327 e. The fourth-order valence-corrected chi connectivity index (χ4v) is 3.28. The summed E-state index contributed by atoms with van der Waals surface area (Å²) in [4.78, 5) is 25.3. The van der Waals surface area contributed by atoms with Crippen molar-refractivity contribution < 1.29 is 26.4 Å². The van der Waals surface area contributed by atoms with Gasteiger partial charge in [-0.15, -0.1) is 0 Å². The number of alkyl halides is 3. The van der Waals surface area contributed by atoms with Gasteiger partial charge in [0.25, 0.3) is 5.56 Å². The molecule has 2 aromatic rings. The molecule has 0 aliphatic carbocycles. The number of sulfone groups is 1. The van der Waals surface area contributed by atoms with Crippen LogP contribution in [0.1, 0.15) is 17.5 Å². The van der Waals surface area contributed by atoms with Crippen molar-refractivity contribution in [2.75, 3.05) is 11.1 Å². The van der Waals surface area contributed by atoms with E-state index >= 15 is 0 Å². The molecule has 2 N–H and O–H groups in total. The number of aromatic nitrogens is 1. The molecule has 1 aromatic carbocycles. The standard InChI is InChI=1S/C16H15F3N2O4S/c1-10-2-4-12(5-3-10)26(24,25)7-6-14(22)21-13-8-11(16(17,18)19)9-20-15(13)23/h2-5,8-9H,6-7H2,1H3,(H,20,23)(H,21,22). The third kappa shape index (κ3) is 4.94. The van der Waals surface area contributed by atoms with E-state index in [9.17, 15) is 31.2 Å². The van der Waals surface area contributed by atoms with Gasteiger partial charge in [-0.05, 0) is 25.1 Å². The number of nitrogens with one attached hydrogen (secondary N) is 2. The van der Waals surface area contributed by atoms with Gasteiger partial charge in [-0.1, -0.05) is 17.7 Å². The van der Waals surface area contributed by atoms with E-state index in [0.29, 0.717) is 12.3 Å². The molecule has 140 valence electrons. The van der Waals surface area contributed by atoms with E-state index in [1.54, 1.807) is 19.1 Å². The van der Waals surface area contributed by atoms with Crippen molar-refractivity contribution in [3.05, 3.63) is 58.0 Å². The number of amides is 1. The molecule has 0 atom stereocenters. The summed E-state index contributed by atoms with van der Waals surface area (Å²) in [6, 6.07) is 6.51. The van der Waals surface area contributed by atoms with Gasteiger partial charge in [-0.3, -0.25) is 9.59 Å². The quantitative estimate of drug-likeness (QED) is 0.823. The molecule has 0 aliphatic heterocycles. The van der Waals surface area contributed by atoms with Crippen molar-refractivity contribution in [2.45, 2.75) is 24.4 Å². The molecule has 0 fully saturated rings. The fraction of sp³-hybridized carbons (Fsp3) is 0.250. The largest absolute Gasteiger partial charge is 0.417 e. The molecule has 1 heterocycles. The van der Waals surface area contributed by atoms with Gasteiger partial charge < -0.3 is 10.3 Å². The third-order valence-corrected chi connectivity index (χ3v) is 5.21.